The lowest BCUT2D eigenvalue weighted by molar-refractivity contribution is 0.456. The Balaban J connectivity index is 1.62. The van der Waals surface area contributed by atoms with Crippen LogP contribution in [0, 0.1) is 12.7 Å². The predicted molar refractivity (Wildman–Crippen MR) is 73.1 cm³/mol. The number of hydrogen-bond donors (Lipinski definition) is 1. The Labute approximate surface area is 117 Å². The van der Waals surface area contributed by atoms with Gasteiger partial charge in [-0.15, -0.1) is 0 Å². The molecule has 0 radical (unpaired) electrons. The molecule has 2 aromatic rings. The van der Waals surface area contributed by atoms with Crippen molar-refractivity contribution in [1.82, 2.24) is 15.3 Å². The van der Waals surface area contributed by atoms with Gasteiger partial charge < -0.3 is 10.1 Å². The molecule has 0 saturated heterocycles. The molecule has 0 aliphatic heterocycles. The van der Waals surface area contributed by atoms with Gasteiger partial charge in [0, 0.05) is 12.6 Å². The molecule has 0 unspecified atom stereocenters. The highest BCUT2D eigenvalue weighted by Gasteiger charge is 2.20. The minimum absolute atomic E-state index is 0.245. The molecule has 5 heteroatoms. The lowest BCUT2D eigenvalue weighted by atomic mass is 10.2. The number of benzene rings is 1. The minimum Gasteiger partial charge on any atom is -0.437 e. The SMILES string of the molecule is Cc1cc(Oc2cnc(CNC3CC3)cn2)ccc1F. The molecule has 4 nitrogen and oxygen atoms in total. The highest BCUT2D eigenvalue weighted by molar-refractivity contribution is 5.31. The smallest absolute Gasteiger partial charge is 0.237 e. The summed E-state index contributed by atoms with van der Waals surface area (Å²) < 4.78 is 18.7. The summed E-state index contributed by atoms with van der Waals surface area (Å²) in [6.07, 6.45) is 5.78. The van der Waals surface area contributed by atoms with Gasteiger partial charge in [-0.1, -0.05) is 0 Å². The summed E-state index contributed by atoms with van der Waals surface area (Å²) in [5.41, 5.74) is 1.43. The van der Waals surface area contributed by atoms with Gasteiger partial charge in [0.05, 0.1) is 18.1 Å². The van der Waals surface area contributed by atoms with E-state index in [1.165, 1.54) is 18.9 Å². The Morgan fingerprint density at radius 2 is 2.15 bits per heavy atom. The van der Waals surface area contributed by atoms with Crippen LogP contribution in [0.1, 0.15) is 24.1 Å². The molecule has 1 aromatic heterocycles. The third-order valence-corrected chi connectivity index (χ3v) is 3.18. The highest BCUT2D eigenvalue weighted by Crippen LogP contribution is 2.22. The van der Waals surface area contributed by atoms with Crippen molar-refractivity contribution in [3.63, 3.8) is 0 Å². The van der Waals surface area contributed by atoms with E-state index in [1.807, 2.05) is 0 Å². The number of halogens is 1. The molecule has 1 N–H and O–H groups in total. The van der Waals surface area contributed by atoms with Crippen LogP contribution in [0.15, 0.2) is 30.6 Å². The lowest BCUT2D eigenvalue weighted by Crippen LogP contribution is -2.16. The molecule has 1 heterocycles. The number of aromatic nitrogens is 2. The van der Waals surface area contributed by atoms with Gasteiger partial charge in [-0.3, -0.25) is 4.98 Å². The van der Waals surface area contributed by atoms with E-state index in [0.717, 1.165) is 12.2 Å². The van der Waals surface area contributed by atoms with Gasteiger partial charge >= 0.3 is 0 Å². The topological polar surface area (TPSA) is 47.0 Å². The van der Waals surface area contributed by atoms with Crippen molar-refractivity contribution in [2.45, 2.75) is 32.4 Å². The highest BCUT2D eigenvalue weighted by atomic mass is 19.1. The van der Waals surface area contributed by atoms with Crippen LogP contribution in [-0.4, -0.2) is 16.0 Å². The maximum atomic E-state index is 13.2. The Bertz CT molecular complexity index is 597. The standard InChI is InChI=1S/C15H16FN3O/c1-10-6-13(4-5-14(10)16)20-15-9-18-12(8-19-15)7-17-11-2-3-11/h4-6,8-9,11,17H,2-3,7H2,1H3. The zero-order valence-corrected chi connectivity index (χ0v) is 11.3. The third kappa shape index (κ3) is 3.30. The van der Waals surface area contributed by atoms with Crippen molar-refractivity contribution in [1.29, 1.82) is 0 Å². The van der Waals surface area contributed by atoms with Gasteiger partial charge in [0.15, 0.2) is 0 Å². The van der Waals surface area contributed by atoms with Crippen molar-refractivity contribution in [2.75, 3.05) is 0 Å². The summed E-state index contributed by atoms with van der Waals surface area (Å²) in [7, 11) is 0. The lowest BCUT2D eigenvalue weighted by Gasteiger charge is -2.06. The average Bonchev–Trinajstić information content (AvgIpc) is 3.26. The zero-order valence-electron chi connectivity index (χ0n) is 11.3. The first-order valence-electron chi connectivity index (χ1n) is 6.69. The van der Waals surface area contributed by atoms with Crippen molar-refractivity contribution >= 4 is 0 Å². The second kappa shape index (κ2) is 5.54. The van der Waals surface area contributed by atoms with Gasteiger partial charge in [0.1, 0.15) is 11.6 Å². The second-order valence-corrected chi connectivity index (χ2v) is 5.01. The van der Waals surface area contributed by atoms with E-state index in [2.05, 4.69) is 15.3 Å². The number of nitrogens with one attached hydrogen (secondary N) is 1. The zero-order chi connectivity index (χ0) is 13.9. The quantitative estimate of drug-likeness (QED) is 0.909. The van der Waals surface area contributed by atoms with Crippen molar-refractivity contribution in [3.05, 3.63) is 47.7 Å². The Hall–Kier alpha value is -2.01. The molecule has 0 spiro atoms. The fourth-order valence-corrected chi connectivity index (χ4v) is 1.82. The third-order valence-electron chi connectivity index (χ3n) is 3.18. The Kier molecular flexibility index (Phi) is 3.60. The van der Waals surface area contributed by atoms with Crippen LogP contribution in [0.3, 0.4) is 0 Å². The molecule has 1 aromatic carbocycles. The maximum absolute atomic E-state index is 13.2. The first-order valence-corrected chi connectivity index (χ1v) is 6.69. The number of nitrogens with zero attached hydrogens (tertiary/aromatic N) is 2. The molecule has 1 saturated carbocycles. The summed E-state index contributed by atoms with van der Waals surface area (Å²) in [6.45, 7) is 2.42. The van der Waals surface area contributed by atoms with E-state index in [-0.39, 0.29) is 5.82 Å². The summed E-state index contributed by atoms with van der Waals surface area (Å²) in [5.74, 6) is 0.721. The normalized spacial score (nSPS) is 14.3. The summed E-state index contributed by atoms with van der Waals surface area (Å²) in [4.78, 5) is 8.50. The molecule has 3 rings (SSSR count). The fraction of sp³-hybridized carbons (Fsp3) is 0.333. The van der Waals surface area contributed by atoms with Crippen LogP contribution < -0.4 is 10.1 Å². The molecule has 20 heavy (non-hydrogen) atoms. The predicted octanol–water partition coefficient (Wildman–Crippen LogP) is 2.97. The Morgan fingerprint density at radius 3 is 2.80 bits per heavy atom. The van der Waals surface area contributed by atoms with E-state index < -0.39 is 0 Å². The van der Waals surface area contributed by atoms with Gasteiger partial charge in [-0.2, -0.15) is 0 Å². The van der Waals surface area contributed by atoms with Crippen LogP contribution in [-0.2, 0) is 6.54 Å². The van der Waals surface area contributed by atoms with Crippen LogP contribution in [0.2, 0.25) is 0 Å². The van der Waals surface area contributed by atoms with Crippen molar-refractivity contribution < 1.29 is 9.13 Å². The Morgan fingerprint density at radius 1 is 1.30 bits per heavy atom. The van der Waals surface area contributed by atoms with E-state index in [4.69, 9.17) is 4.74 Å². The molecule has 1 aliphatic carbocycles. The first kappa shape index (κ1) is 13.0. The van der Waals surface area contributed by atoms with Crippen LogP contribution >= 0.6 is 0 Å². The van der Waals surface area contributed by atoms with E-state index in [0.29, 0.717) is 23.2 Å². The largest absolute Gasteiger partial charge is 0.437 e. The van der Waals surface area contributed by atoms with Crippen LogP contribution in [0.4, 0.5) is 4.39 Å². The minimum atomic E-state index is -0.245. The van der Waals surface area contributed by atoms with Crippen molar-refractivity contribution in [2.24, 2.45) is 0 Å². The van der Waals surface area contributed by atoms with Crippen LogP contribution in [0.25, 0.3) is 0 Å². The first-order chi connectivity index (χ1) is 9.70. The molecular formula is C15H16FN3O. The summed E-state index contributed by atoms with van der Waals surface area (Å²) in [6, 6.07) is 5.24. The molecule has 0 atom stereocenters. The van der Waals surface area contributed by atoms with E-state index in [9.17, 15) is 4.39 Å². The molecule has 1 aliphatic rings. The molecule has 0 bridgehead atoms. The van der Waals surface area contributed by atoms with E-state index in [1.54, 1.807) is 31.5 Å². The summed E-state index contributed by atoms with van der Waals surface area (Å²) >= 11 is 0. The van der Waals surface area contributed by atoms with E-state index >= 15 is 0 Å². The number of rotatable bonds is 5. The molecular weight excluding hydrogens is 257 g/mol. The molecule has 1 fully saturated rings. The number of hydrogen-bond acceptors (Lipinski definition) is 4. The summed E-state index contributed by atoms with van der Waals surface area (Å²) in [5, 5.41) is 3.37. The second-order valence-electron chi connectivity index (χ2n) is 5.01. The van der Waals surface area contributed by atoms with Gasteiger partial charge in [0.25, 0.3) is 0 Å². The number of ether oxygens (including phenoxy) is 1. The molecule has 104 valence electrons. The number of aryl methyl sites for hydroxylation is 1. The van der Waals surface area contributed by atoms with Crippen LogP contribution in [0.5, 0.6) is 11.6 Å². The van der Waals surface area contributed by atoms with Gasteiger partial charge in [-0.05, 0) is 43.5 Å². The van der Waals surface area contributed by atoms with Gasteiger partial charge in [0.2, 0.25) is 5.88 Å². The fourth-order valence-electron chi connectivity index (χ4n) is 1.82. The van der Waals surface area contributed by atoms with Gasteiger partial charge in [-0.25, -0.2) is 9.37 Å². The maximum Gasteiger partial charge on any atom is 0.237 e. The molecule has 0 amide bonds. The monoisotopic (exact) mass is 273 g/mol. The van der Waals surface area contributed by atoms with Crippen molar-refractivity contribution in [3.8, 4) is 11.6 Å². The average molecular weight is 273 g/mol.